The van der Waals surface area contributed by atoms with Crippen molar-refractivity contribution in [1.82, 2.24) is 34.6 Å². The number of ether oxygens (including phenoxy) is 1. The van der Waals surface area contributed by atoms with Crippen molar-refractivity contribution in [2.24, 2.45) is 0 Å². The van der Waals surface area contributed by atoms with Crippen molar-refractivity contribution in [3.8, 4) is 5.95 Å². The van der Waals surface area contributed by atoms with Crippen LogP contribution in [0, 0.1) is 0 Å². The highest BCUT2D eigenvalue weighted by Gasteiger charge is 2.44. The molecule has 0 unspecified atom stereocenters. The highest BCUT2D eigenvalue weighted by molar-refractivity contribution is 5.84. The number of imidazole rings is 1. The minimum atomic E-state index is -1.27. The molecular weight excluding hydrogens is 456 g/mol. The van der Waals surface area contributed by atoms with Crippen LogP contribution in [0.15, 0.2) is 18.7 Å². The molecule has 13 heteroatoms. The molecule has 0 aromatic carbocycles. The number of carbonyl (C=O) groups is 1. The van der Waals surface area contributed by atoms with Gasteiger partial charge in [0.05, 0.1) is 19.1 Å². The fourth-order valence-electron chi connectivity index (χ4n) is 4.65. The second-order valence-electron chi connectivity index (χ2n) is 9.02. The summed E-state index contributed by atoms with van der Waals surface area (Å²) in [5, 5.41) is 40.7. The van der Waals surface area contributed by atoms with Crippen molar-refractivity contribution >= 4 is 22.9 Å². The molecule has 5 rings (SSSR count). The Labute approximate surface area is 201 Å². The summed E-state index contributed by atoms with van der Waals surface area (Å²) in [7, 11) is 1.60. The molecular formula is C22H30N8O5. The van der Waals surface area contributed by atoms with E-state index < -0.39 is 31.1 Å². The fraction of sp³-hybridized carbons (Fsp3) is 0.591. The van der Waals surface area contributed by atoms with Gasteiger partial charge in [0.1, 0.15) is 18.3 Å². The number of carbonyl (C=O) groups excluding carboxylic acids is 1. The Hall–Kier alpha value is -3.13. The van der Waals surface area contributed by atoms with E-state index in [0.29, 0.717) is 29.8 Å². The molecule has 3 aromatic heterocycles. The first-order valence-corrected chi connectivity index (χ1v) is 11.9. The molecule has 4 heterocycles. The van der Waals surface area contributed by atoms with E-state index in [1.807, 2.05) is 0 Å². The van der Waals surface area contributed by atoms with Crippen molar-refractivity contribution in [3.05, 3.63) is 24.3 Å². The molecule has 0 bridgehead atoms. The van der Waals surface area contributed by atoms with Gasteiger partial charge in [-0.05, 0) is 24.8 Å². The van der Waals surface area contributed by atoms with Crippen molar-refractivity contribution in [2.75, 3.05) is 19.0 Å². The van der Waals surface area contributed by atoms with Crippen molar-refractivity contribution < 1.29 is 24.9 Å². The summed E-state index contributed by atoms with van der Waals surface area (Å²) in [5.74, 6) is 0.781. The number of aryl methyl sites for hydroxylation is 1. The third-order valence-electron chi connectivity index (χ3n) is 6.66. The Morgan fingerprint density at radius 1 is 1.23 bits per heavy atom. The predicted octanol–water partition coefficient (Wildman–Crippen LogP) is -0.343. The Bertz CT molecular complexity index is 1190. The minimum absolute atomic E-state index is 0.0548. The lowest BCUT2D eigenvalue weighted by Gasteiger charge is -2.18. The van der Waals surface area contributed by atoms with Crippen LogP contribution in [0.1, 0.15) is 43.9 Å². The first kappa shape index (κ1) is 23.6. The van der Waals surface area contributed by atoms with E-state index in [0.717, 1.165) is 31.2 Å². The number of fused-ring (bicyclic) bond motifs is 1. The zero-order chi connectivity index (χ0) is 24.5. The summed E-state index contributed by atoms with van der Waals surface area (Å²) in [4.78, 5) is 25.4. The first-order valence-electron chi connectivity index (χ1n) is 11.9. The molecule has 0 spiro atoms. The quantitative estimate of drug-likeness (QED) is 0.283. The van der Waals surface area contributed by atoms with Gasteiger partial charge in [0.15, 0.2) is 23.2 Å². The van der Waals surface area contributed by atoms with Gasteiger partial charge in [0.2, 0.25) is 5.91 Å². The van der Waals surface area contributed by atoms with E-state index in [1.165, 1.54) is 11.0 Å². The Balaban J connectivity index is 1.52. The molecule has 3 aromatic rings. The maximum Gasteiger partial charge on any atom is 0.254 e. The normalized spacial score (nSPS) is 24.9. The molecule has 188 valence electrons. The average molecular weight is 487 g/mol. The Morgan fingerprint density at radius 2 is 2.03 bits per heavy atom. The van der Waals surface area contributed by atoms with Crippen LogP contribution in [0.3, 0.4) is 0 Å². The van der Waals surface area contributed by atoms with Gasteiger partial charge in [0.25, 0.3) is 5.95 Å². The number of hydrogen-bond acceptors (Lipinski definition) is 10. The monoisotopic (exact) mass is 486 g/mol. The van der Waals surface area contributed by atoms with Crippen LogP contribution >= 0.6 is 0 Å². The van der Waals surface area contributed by atoms with E-state index in [4.69, 9.17) is 9.72 Å². The molecule has 5 N–H and O–H groups in total. The van der Waals surface area contributed by atoms with Crippen molar-refractivity contribution in [1.29, 1.82) is 0 Å². The lowest BCUT2D eigenvalue weighted by molar-refractivity contribution is -0.120. The molecule has 13 nitrogen and oxygen atoms in total. The summed E-state index contributed by atoms with van der Waals surface area (Å²) in [5.41, 5.74) is 1.76. The van der Waals surface area contributed by atoms with E-state index in [-0.39, 0.29) is 17.9 Å². The first-order chi connectivity index (χ1) is 17.0. The summed E-state index contributed by atoms with van der Waals surface area (Å²) < 4.78 is 8.78. The molecule has 2 aliphatic rings. The molecule has 1 aliphatic heterocycles. The highest BCUT2D eigenvalue weighted by atomic mass is 16.6. The number of amides is 1. The third kappa shape index (κ3) is 4.59. The Morgan fingerprint density at radius 3 is 2.74 bits per heavy atom. The van der Waals surface area contributed by atoms with Crippen LogP contribution < -0.4 is 10.6 Å². The zero-order valence-corrected chi connectivity index (χ0v) is 19.4. The van der Waals surface area contributed by atoms with Gasteiger partial charge in [-0.2, -0.15) is 15.1 Å². The number of nitrogens with one attached hydrogen (secondary N) is 2. The summed E-state index contributed by atoms with van der Waals surface area (Å²) in [6.45, 7) is -0.428. The number of anilines is 1. The number of aliphatic hydroxyl groups excluding tert-OH is 3. The van der Waals surface area contributed by atoms with Crippen molar-refractivity contribution in [2.45, 2.75) is 69.1 Å². The van der Waals surface area contributed by atoms with Crippen LogP contribution in [0.25, 0.3) is 17.1 Å². The summed E-state index contributed by atoms with van der Waals surface area (Å²) in [6.07, 6.45) is 5.74. The smallest absolute Gasteiger partial charge is 0.254 e. The predicted molar refractivity (Wildman–Crippen MR) is 124 cm³/mol. The molecule has 1 saturated carbocycles. The average Bonchev–Trinajstić information content (AvgIpc) is 3.66. The molecule has 1 amide bonds. The number of hydrogen-bond donors (Lipinski definition) is 5. The molecule has 4 atom stereocenters. The highest BCUT2D eigenvalue weighted by Crippen LogP contribution is 2.33. The van der Waals surface area contributed by atoms with Gasteiger partial charge in [-0.1, -0.05) is 12.8 Å². The number of aromatic nitrogens is 6. The number of aliphatic hydroxyl groups is 3. The fourth-order valence-corrected chi connectivity index (χ4v) is 4.65. The minimum Gasteiger partial charge on any atom is -0.394 e. The van der Waals surface area contributed by atoms with Gasteiger partial charge in [-0.3, -0.25) is 9.36 Å². The Kier molecular flexibility index (Phi) is 6.65. The van der Waals surface area contributed by atoms with Crippen LogP contribution in [0.2, 0.25) is 0 Å². The van der Waals surface area contributed by atoms with E-state index >= 15 is 0 Å². The van der Waals surface area contributed by atoms with Crippen LogP contribution in [0.5, 0.6) is 0 Å². The van der Waals surface area contributed by atoms with Gasteiger partial charge in [-0.15, -0.1) is 0 Å². The topological polar surface area (TPSA) is 172 Å². The zero-order valence-electron chi connectivity index (χ0n) is 19.4. The van der Waals surface area contributed by atoms with Crippen LogP contribution in [0.4, 0.5) is 5.82 Å². The van der Waals surface area contributed by atoms with E-state index in [9.17, 15) is 20.1 Å². The van der Waals surface area contributed by atoms with Gasteiger partial charge in [0, 0.05) is 25.7 Å². The largest absolute Gasteiger partial charge is 0.394 e. The molecule has 1 saturated heterocycles. The van der Waals surface area contributed by atoms with Crippen LogP contribution in [-0.4, -0.2) is 88.5 Å². The number of rotatable bonds is 8. The maximum absolute atomic E-state index is 11.6. The van der Waals surface area contributed by atoms with Crippen LogP contribution in [-0.2, 0) is 16.0 Å². The number of nitrogens with zero attached hydrogens (tertiary/aromatic N) is 6. The van der Waals surface area contributed by atoms with Gasteiger partial charge >= 0.3 is 0 Å². The SMILES string of the molecule is CNC(=O)CCc1cnn(-c2nc(NC3CCCC3)c3ncn([C@@H]4O[C@H](CO)[C@@H](O)[C@H]4O)c3n2)c1. The van der Waals surface area contributed by atoms with Gasteiger partial charge < -0.3 is 30.7 Å². The second-order valence-corrected chi connectivity index (χ2v) is 9.02. The molecule has 35 heavy (non-hydrogen) atoms. The van der Waals surface area contributed by atoms with E-state index in [1.54, 1.807) is 24.0 Å². The molecule has 0 radical (unpaired) electrons. The molecule has 1 aliphatic carbocycles. The molecule has 2 fully saturated rings. The summed E-state index contributed by atoms with van der Waals surface area (Å²) >= 11 is 0. The lowest BCUT2D eigenvalue weighted by atomic mass is 10.1. The van der Waals surface area contributed by atoms with Crippen molar-refractivity contribution in [3.63, 3.8) is 0 Å². The second kappa shape index (κ2) is 9.85. The lowest BCUT2D eigenvalue weighted by Crippen LogP contribution is -2.33. The maximum atomic E-state index is 11.6. The third-order valence-corrected chi connectivity index (χ3v) is 6.66. The summed E-state index contributed by atoms with van der Waals surface area (Å²) in [6, 6.07) is 0.265. The van der Waals surface area contributed by atoms with Gasteiger partial charge in [-0.25, -0.2) is 9.67 Å². The standard InChI is InChI=1S/C22H30N8O5/c1-23-15(32)7-6-12-8-25-30(9-12)22-27-19(26-13-4-2-3-5-13)16-20(28-22)29(11-24-16)21-18(34)17(33)14(10-31)35-21/h8-9,11,13-14,17-18,21,31,33-34H,2-7,10H2,1H3,(H,23,32)(H,26,27,28)/t14-,17-,18-,21-/m1/s1. The van der Waals surface area contributed by atoms with E-state index in [2.05, 4.69) is 25.7 Å².